The first-order valence-corrected chi connectivity index (χ1v) is 5.85. The van der Waals surface area contributed by atoms with E-state index in [2.05, 4.69) is 34.6 Å². The third-order valence-electron chi connectivity index (χ3n) is 4.14. The van der Waals surface area contributed by atoms with Gasteiger partial charge in [0.25, 0.3) is 0 Å². The van der Waals surface area contributed by atoms with E-state index in [-0.39, 0.29) is 10.8 Å². The van der Waals surface area contributed by atoms with Crippen molar-refractivity contribution in [1.82, 2.24) is 0 Å². The van der Waals surface area contributed by atoms with E-state index in [1.54, 1.807) is 14.2 Å². The molecule has 0 aromatic rings. The molecular formula is C13H28O2. The summed E-state index contributed by atoms with van der Waals surface area (Å²) in [5.74, 6) is 0.548. The van der Waals surface area contributed by atoms with Gasteiger partial charge in [-0.2, -0.15) is 0 Å². The van der Waals surface area contributed by atoms with Gasteiger partial charge in [0.15, 0.2) is 0 Å². The Bertz CT molecular complexity index is 167. The number of rotatable bonds is 7. The predicted molar refractivity (Wildman–Crippen MR) is 65.1 cm³/mol. The number of methoxy groups -OCH3 is 2. The van der Waals surface area contributed by atoms with Gasteiger partial charge in [-0.1, -0.05) is 41.0 Å². The second-order valence-corrected chi connectivity index (χ2v) is 5.41. The van der Waals surface area contributed by atoms with Crippen LogP contribution in [0.15, 0.2) is 0 Å². The Balaban J connectivity index is 5.10. The lowest BCUT2D eigenvalue weighted by atomic mass is 9.59. The van der Waals surface area contributed by atoms with Gasteiger partial charge < -0.3 is 9.47 Å². The molecule has 0 aromatic heterocycles. The Kier molecular flexibility index (Phi) is 5.82. The van der Waals surface area contributed by atoms with Crippen molar-refractivity contribution in [3.05, 3.63) is 0 Å². The van der Waals surface area contributed by atoms with Crippen molar-refractivity contribution in [3.63, 3.8) is 0 Å². The van der Waals surface area contributed by atoms with Gasteiger partial charge in [-0.05, 0) is 11.3 Å². The maximum atomic E-state index is 5.43. The first-order chi connectivity index (χ1) is 6.88. The lowest BCUT2D eigenvalue weighted by Gasteiger charge is -2.49. The van der Waals surface area contributed by atoms with E-state index in [0.717, 1.165) is 19.6 Å². The number of ether oxygens (including phenoxy) is 2. The third-order valence-corrected chi connectivity index (χ3v) is 4.14. The van der Waals surface area contributed by atoms with Crippen LogP contribution in [0.2, 0.25) is 0 Å². The summed E-state index contributed by atoms with van der Waals surface area (Å²) in [6.07, 6.45) is 1.14. The van der Waals surface area contributed by atoms with Crippen LogP contribution in [-0.4, -0.2) is 27.4 Å². The van der Waals surface area contributed by atoms with Crippen molar-refractivity contribution in [2.75, 3.05) is 27.4 Å². The minimum Gasteiger partial charge on any atom is -0.384 e. The van der Waals surface area contributed by atoms with Crippen molar-refractivity contribution < 1.29 is 9.47 Å². The fraction of sp³-hybridized carbons (Fsp3) is 1.00. The molecule has 0 heterocycles. The van der Waals surface area contributed by atoms with Crippen LogP contribution in [0.5, 0.6) is 0 Å². The summed E-state index contributed by atoms with van der Waals surface area (Å²) in [6.45, 7) is 12.9. The minimum absolute atomic E-state index is 0.102. The highest BCUT2D eigenvalue weighted by molar-refractivity contribution is 4.94. The molecule has 2 heteroatoms. The lowest BCUT2D eigenvalue weighted by Crippen LogP contribution is -2.48. The average molecular weight is 216 g/mol. The van der Waals surface area contributed by atoms with E-state index in [1.807, 2.05) is 0 Å². The first-order valence-electron chi connectivity index (χ1n) is 5.85. The Hall–Kier alpha value is -0.0800. The molecule has 0 rings (SSSR count). The normalized spacial score (nSPS) is 13.6. The monoisotopic (exact) mass is 216 g/mol. The second kappa shape index (κ2) is 5.86. The molecule has 0 radical (unpaired) electrons. The van der Waals surface area contributed by atoms with Crippen LogP contribution in [0.1, 0.15) is 41.0 Å². The first kappa shape index (κ1) is 14.9. The largest absolute Gasteiger partial charge is 0.384 e. The topological polar surface area (TPSA) is 18.5 Å². The molecule has 0 aliphatic carbocycles. The quantitative estimate of drug-likeness (QED) is 0.649. The highest BCUT2D eigenvalue weighted by Gasteiger charge is 2.46. The van der Waals surface area contributed by atoms with Crippen LogP contribution in [0.25, 0.3) is 0 Å². The van der Waals surface area contributed by atoms with Crippen molar-refractivity contribution in [2.24, 2.45) is 16.7 Å². The average Bonchev–Trinajstić information content (AvgIpc) is 2.16. The summed E-state index contributed by atoms with van der Waals surface area (Å²) >= 11 is 0. The van der Waals surface area contributed by atoms with Gasteiger partial charge >= 0.3 is 0 Å². The number of hydrogen-bond donors (Lipinski definition) is 0. The smallest absolute Gasteiger partial charge is 0.0548 e. The third kappa shape index (κ3) is 2.94. The standard InChI is InChI=1S/C13H28O2/c1-8-12(4,5)13(9-14-6,10-15-7)11(2)3/h11H,8-10H2,1-7H3. The predicted octanol–water partition coefficient (Wildman–Crippen LogP) is 3.36. The maximum Gasteiger partial charge on any atom is 0.0548 e. The van der Waals surface area contributed by atoms with Crippen molar-refractivity contribution in [3.8, 4) is 0 Å². The van der Waals surface area contributed by atoms with Gasteiger partial charge in [0.05, 0.1) is 13.2 Å². The molecule has 0 spiro atoms. The zero-order valence-corrected chi connectivity index (χ0v) is 11.5. The lowest BCUT2D eigenvalue weighted by molar-refractivity contribution is -0.0995. The Morgan fingerprint density at radius 1 is 1.00 bits per heavy atom. The van der Waals surface area contributed by atoms with E-state index in [4.69, 9.17) is 9.47 Å². The van der Waals surface area contributed by atoms with Crippen LogP contribution >= 0.6 is 0 Å². The maximum absolute atomic E-state index is 5.43. The summed E-state index contributed by atoms with van der Waals surface area (Å²) in [4.78, 5) is 0. The second-order valence-electron chi connectivity index (χ2n) is 5.41. The summed E-state index contributed by atoms with van der Waals surface area (Å²) < 4.78 is 10.9. The fourth-order valence-electron chi connectivity index (χ4n) is 2.41. The van der Waals surface area contributed by atoms with Crippen LogP contribution in [0, 0.1) is 16.7 Å². The van der Waals surface area contributed by atoms with Crippen LogP contribution in [0.3, 0.4) is 0 Å². The Morgan fingerprint density at radius 3 is 1.60 bits per heavy atom. The highest BCUT2D eigenvalue weighted by Crippen LogP contribution is 2.47. The van der Waals surface area contributed by atoms with E-state index in [9.17, 15) is 0 Å². The summed E-state index contributed by atoms with van der Waals surface area (Å²) in [6, 6.07) is 0. The molecule has 0 aliphatic heterocycles. The minimum atomic E-state index is 0.102. The molecule has 2 nitrogen and oxygen atoms in total. The molecular weight excluding hydrogens is 188 g/mol. The van der Waals surface area contributed by atoms with Gasteiger partial charge in [-0.15, -0.1) is 0 Å². The fourth-order valence-corrected chi connectivity index (χ4v) is 2.41. The van der Waals surface area contributed by atoms with Gasteiger partial charge in [-0.3, -0.25) is 0 Å². The molecule has 0 saturated heterocycles. The molecule has 0 bridgehead atoms. The van der Waals surface area contributed by atoms with Gasteiger partial charge in [-0.25, -0.2) is 0 Å². The molecule has 0 N–H and O–H groups in total. The summed E-state index contributed by atoms with van der Waals surface area (Å²) in [5, 5.41) is 0. The highest BCUT2D eigenvalue weighted by atomic mass is 16.5. The van der Waals surface area contributed by atoms with Crippen molar-refractivity contribution >= 4 is 0 Å². The Morgan fingerprint density at radius 2 is 1.40 bits per heavy atom. The molecule has 92 valence electrons. The van der Waals surface area contributed by atoms with E-state index in [0.29, 0.717) is 5.92 Å². The molecule has 0 unspecified atom stereocenters. The van der Waals surface area contributed by atoms with Crippen LogP contribution < -0.4 is 0 Å². The van der Waals surface area contributed by atoms with Gasteiger partial charge in [0, 0.05) is 19.6 Å². The molecule has 0 fully saturated rings. The van der Waals surface area contributed by atoms with Gasteiger partial charge in [0.2, 0.25) is 0 Å². The zero-order chi connectivity index (χ0) is 12.1. The van der Waals surface area contributed by atoms with Gasteiger partial charge in [0.1, 0.15) is 0 Å². The van der Waals surface area contributed by atoms with Crippen LogP contribution in [0.4, 0.5) is 0 Å². The zero-order valence-electron chi connectivity index (χ0n) is 11.5. The van der Waals surface area contributed by atoms with E-state index >= 15 is 0 Å². The molecule has 15 heavy (non-hydrogen) atoms. The SMILES string of the molecule is CCC(C)(C)C(COC)(COC)C(C)C. The molecule has 0 amide bonds. The van der Waals surface area contributed by atoms with E-state index < -0.39 is 0 Å². The van der Waals surface area contributed by atoms with Crippen molar-refractivity contribution in [2.45, 2.75) is 41.0 Å². The van der Waals surface area contributed by atoms with E-state index in [1.165, 1.54) is 0 Å². The van der Waals surface area contributed by atoms with Crippen molar-refractivity contribution in [1.29, 1.82) is 0 Å². The molecule has 0 saturated carbocycles. The summed E-state index contributed by atoms with van der Waals surface area (Å²) in [5.41, 5.74) is 0.332. The molecule has 0 aromatic carbocycles. The number of hydrogen-bond acceptors (Lipinski definition) is 2. The molecule has 0 atom stereocenters. The Labute approximate surface area is 95.3 Å². The summed E-state index contributed by atoms with van der Waals surface area (Å²) in [7, 11) is 3.55. The molecule has 0 aliphatic rings. The van der Waals surface area contributed by atoms with Crippen LogP contribution in [-0.2, 0) is 9.47 Å².